The quantitative estimate of drug-likeness (QED) is 0.895. The lowest BCUT2D eigenvalue weighted by atomic mass is 10.1. The Morgan fingerprint density at radius 2 is 2.22 bits per heavy atom. The van der Waals surface area contributed by atoms with Gasteiger partial charge in [0.1, 0.15) is 0 Å². The molecule has 3 heteroatoms. The van der Waals surface area contributed by atoms with Crippen LogP contribution in [-0.2, 0) is 13.5 Å². The Morgan fingerprint density at radius 1 is 1.39 bits per heavy atom. The van der Waals surface area contributed by atoms with E-state index in [0.717, 1.165) is 0 Å². The molecule has 0 amide bonds. The molecule has 1 aliphatic rings. The number of benzene rings is 1. The van der Waals surface area contributed by atoms with E-state index in [1.165, 1.54) is 29.5 Å². The molecule has 2 unspecified atom stereocenters. The van der Waals surface area contributed by atoms with Gasteiger partial charge in [-0.3, -0.25) is 4.68 Å². The SMILES string of the molecule is CC(NC1CCc2ccccc21)c1cnn(C)c1. The van der Waals surface area contributed by atoms with Crippen molar-refractivity contribution in [3.05, 3.63) is 53.3 Å². The minimum Gasteiger partial charge on any atom is -0.303 e. The first-order valence-electron chi connectivity index (χ1n) is 6.56. The first-order chi connectivity index (χ1) is 8.74. The van der Waals surface area contributed by atoms with Gasteiger partial charge in [-0.1, -0.05) is 24.3 Å². The summed E-state index contributed by atoms with van der Waals surface area (Å²) in [6.45, 7) is 2.21. The van der Waals surface area contributed by atoms with Gasteiger partial charge in [0.05, 0.1) is 6.20 Å². The molecule has 1 heterocycles. The summed E-state index contributed by atoms with van der Waals surface area (Å²) in [7, 11) is 1.96. The Kier molecular flexibility index (Phi) is 2.92. The van der Waals surface area contributed by atoms with Gasteiger partial charge in [0, 0.05) is 30.9 Å². The number of nitrogens with one attached hydrogen (secondary N) is 1. The largest absolute Gasteiger partial charge is 0.303 e. The lowest BCUT2D eigenvalue weighted by Crippen LogP contribution is -2.22. The molecule has 1 aromatic carbocycles. The third-order valence-corrected chi connectivity index (χ3v) is 3.81. The third kappa shape index (κ3) is 2.06. The highest BCUT2D eigenvalue weighted by molar-refractivity contribution is 5.34. The van der Waals surface area contributed by atoms with Crippen LogP contribution >= 0.6 is 0 Å². The predicted molar refractivity (Wildman–Crippen MR) is 72.3 cm³/mol. The highest BCUT2D eigenvalue weighted by atomic mass is 15.2. The van der Waals surface area contributed by atoms with Crippen LogP contribution in [0.2, 0.25) is 0 Å². The van der Waals surface area contributed by atoms with E-state index in [-0.39, 0.29) is 0 Å². The van der Waals surface area contributed by atoms with E-state index in [2.05, 4.69) is 47.8 Å². The van der Waals surface area contributed by atoms with Gasteiger partial charge in [0.15, 0.2) is 0 Å². The number of hydrogen-bond acceptors (Lipinski definition) is 2. The number of nitrogens with zero attached hydrogens (tertiary/aromatic N) is 2. The molecule has 2 aromatic rings. The van der Waals surface area contributed by atoms with Crippen LogP contribution in [0.25, 0.3) is 0 Å². The van der Waals surface area contributed by atoms with Gasteiger partial charge in [-0.15, -0.1) is 0 Å². The van der Waals surface area contributed by atoms with Crippen LogP contribution < -0.4 is 5.32 Å². The molecule has 3 rings (SSSR count). The number of aryl methyl sites for hydroxylation is 2. The lowest BCUT2D eigenvalue weighted by molar-refractivity contribution is 0.465. The summed E-state index contributed by atoms with van der Waals surface area (Å²) < 4.78 is 1.86. The van der Waals surface area contributed by atoms with E-state index in [1.54, 1.807) is 0 Å². The van der Waals surface area contributed by atoms with Gasteiger partial charge < -0.3 is 5.32 Å². The van der Waals surface area contributed by atoms with Crippen LogP contribution in [0.4, 0.5) is 0 Å². The van der Waals surface area contributed by atoms with Crippen molar-refractivity contribution in [2.45, 2.75) is 31.8 Å². The Hall–Kier alpha value is -1.61. The van der Waals surface area contributed by atoms with E-state index < -0.39 is 0 Å². The second-order valence-electron chi connectivity index (χ2n) is 5.13. The van der Waals surface area contributed by atoms with Gasteiger partial charge >= 0.3 is 0 Å². The van der Waals surface area contributed by atoms with E-state index >= 15 is 0 Å². The molecule has 2 atom stereocenters. The maximum Gasteiger partial charge on any atom is 0.0537 e. The topological polar surface area (TPSA) is 29.9 Å². The second kappa shape index (κ2) is 4.58. The molecule has 0 bridgehead atoms. The fourth-order valence-corrected chi connectivity index (χ4v) is 2.79. The van der Waals surface area contributed by atoms with Crippen molar-refractivity contribution >= 4 is 0 Å². The molecular formula is C15H19N3. The molecule has 0 saturated heterocycles. The Labute approximate surface area is 108 Å². The first-order valence-corrected chi connectivity index (χ1v) is 6.56. The van der Waals surface area contributed by atoms with Crippen molar-refractivity contribution in [1.29, 1.82) is 0 Å². The molecule has 1 N–H and O–H groups in total. The number of fused-ring (bicyclic) bond motifs is 1. The minimum atomic E-state index is 0.342. The first kappa shape index (κ1) is 11.5. The van der Waals surface area contributed by atoms with E-state index in [1.807, 2.05) is 17.9 Å². The molecule has 0 saturated carbocycles. The van der Waals surface area contributed by atoms with Crippen LogP contribution in [0.3, 0.4) is 0 Å². The van der Waals surface area contributed by atoms with Crippen LogP contribution in [0.5, 0.6) is 0 Å². The smallest absolute Gasteiger partial charge is 0.0537 e. The van der Waals surface area contributed by atoms with Crippen LogP contribution in [0.1, 0.15) is 42.1 Å². The fourth-order valence-electron chi connectivity index (χ4n) is 2.79. The zero-order chi connectivity index (χ0) is 12.5. The standard InChI is InChI=1S/C15H19N3/c1-11(13-9-16-18(2)10-13)17-15-8-7-12-5-3-4-6-14(12)15/h3-6,9-11,15,17H,7-8H2,1-2H3. The molecule has 1 aromatic heterocycles. The summed E-state index contributed by atoms with van der Waals surface area (Å²) in [4.78, 5) is 0. The third-order valence-electron chi connectivity index (χ3n) is 3.81. The normalized spacial score (nSPS) is 19.8. The van der Waals surface area contributed by atoms with Gasteiger partial charge in [-0.2, -0.15) is 5.10 Å². The highest BCUT2D eigenvalue weighted by Crippen LogP contribution is 2.32. The van der Waals surface area contributed by atoms with Crippen molar-refractivity contribution in [1.82, 2.24) is 15.1 Å². The molecular weight excluding hydrogens is 222 g/mol. The summed E-state index contributed by atoms with van der Waals surface area (Å²) in [5.74, 6) is 0. The Bertz CT molecular complexity index is 544. The summed E-state index contributed by atoms with van der Waals surface area (Å²) in [6.07, 6.45) is 6.41. The average molecular weight is 241 g/mol. The Morgan fingerprint density at radius 3 is 3.00 bits per heavy atom. The minimum absolute atomic E-state index is 0.342. The van der Waals surface area contributed by atoms with E-state index in [4.69, 9.17) is 0 Å². The van der Waals surface area contributed by atoms with Crippen LogP contribution in [0, 0.1) is 0 Å². The lowest BCUT2D eigenvalue weighted by Gasteiger charge is -2.19. The van der Waals surface area contributed by atoms with E-state index in [0.29, 0.717) is 12.1 Å². The molecule has 0 aliphatic heterocycles. The van der Waals surface area contributed by atoms with Gasteiger partial charge in [-0.25, -0.2) is 0 Å². The molecule has 1 aliphatic carbocycles. The van der Waals surface area contributed by atoms with Crippen molar-refractivity contribution in [3.8, 4) is 0 Å². The maximum atomic E-state index is 4.23. The molecule has 3 nitrogen and oxygen atoms in total. The summed E-state index contributed by atoms with van der Waals surface area (Å²) >= 11 is 0. The van der Waals surface area contributed by atoms with Gasteiger partial charge in [0.25, 0.3) is 0 Å². The summed E-state index contributed by atoms with van der Waals surface area (Å²) in [5, 5.41) is 7.94. The van der Waals surface area contributed by atoms with Crippen LogP contribution in [-0.4, -0.2) is 9.78 Å². The second-order valence-corrected chi connectivity index (χ2v) is 5.13. The number of aromatic nitrogens is 2. The molecule has 94 valence electrons. The zero-order valence-electron chi connectivity index (χ0n) is 10.9. The monoisotopic (exact) mass is 241 g/mol. The van der Waals surface area contributed by atoms with Crippen molar-refractivity contribution < 1.29 is 0 Å². The molecule has 0 radical (unpaired) electrons. The Balaban J connectivity index is 1.75. The zero-order valence-corrected chi connectivity index (χ0v) is 10.9. The van der Waals surface area contributed by atoms with E-state index in [9.17, 15) is 0 Å². The van der Waals surface area contributed by atoms with Crippen molar-refractivity contribution in [3.63, 3.8) is 0 Å². The number of rotatable bonds is 3. The average Bonchev–Trinajstić information content (AvgIpc) is 2.97. The molecule has 0 spiro atoms. The summed E-state index contributed by atoms with van der Waals surface area (Å²) in [6, 6.07) is 9.58. The van der Waals surface area contributed by atoms with Gasteiger partial charge in [-0.05, 0) is 30.9 Å². The van der Waals surface area contributed by atoms with Crippen molar-refractivity contribution in [2.75, 3.05) is 0 Å². The molecule has 0 fully saturated rings. The number of hydrogen-bond donors (Lipinski definition) is 1. The predicted octanol–water partition coefficient (Wildman–Crippen LogP) is 2.76. The van der Waals surface area contributed by atoms with Crippen LogP contribution in [0.15, 0.2) is 36.7 Å². The fraction of sp³-hybridized carbons (Fsp3) is 0.400. The molecule has 18 heavy (non-hydrogen) atoms. The highest BCUT2D eigenvalue weighted by Gasteiger charge is 2.23. The maximum absolute atomic E-state index is 4.23. The summed E-state index contributed by atoms with van der Waals surface area (Å²) in [5.41, 5.74) is 4.21. The van der Waals surface area contributed by atoms with Gasteiger partial charge in [0.2, 0.25) is 0 Å². The van der Waals surface area contributed by atoms with Crippen molar-refractivity contribution in [2.24, 2.45) is 7.05 Å².